The number of rotatable bonds is 3. The molecule has 0 amide bonds. The number of thiophene rings is 1. The Labute approximate surface area is 106 Å². The van der Waals surface area contributed by atoms with E-state index in [1.807, 2.05) is 0 Å². The molecule has 1 heterocycles. The third-order valence-electron chi connectivity index (χ3n) is 2.25. The van der Waals surface area contributed by atoms with Gasteiger partial charge in [0.15, 0.2) is 0 Å². The highest BCUT2D eigenvalue weighted by atomic mass is 32.1. The largest absolute Gasteiger partial charge is 0.456 e. The molecule has 94 valence electrons. The van der Waals surface area contributed by atoms with Crippen molar-refractivity contribution in [3.05, 3.63) is 51.7 Å². The topological polar surface area (TPSA) is 52.3 Å². The van der Waals surface area contributed by atoms with E-state index >= 15 is 0 Å². The Morgan fingerprint density at radius 3 is 2.72 bits per heavy atom. The fourth-order valence-electron chi connectivity index (χ4n) is 1.33. The van der Waals surface area contributed by atoms with Crippen molar-refractivity contribution < 1.29 is 18.3 Å². The van der Waals surface area contributed by atoms with Crippen molar-refractivity contribution in [2.24, 2.45) is 0 Å². The zero-order valence-electron chi connectivity index (χ0n) is 9.15. The summed E-state index contributed by atoms with van der Waals surface area (Å²) in [6.45, 7) is -0.262. The molecule has 0 bridgehead atoms. The third kappa shape index (κ3) is 2.65. The van der Waals surface area contributed by atoms with E-state index in [1.54, 1.807) is 11.4 Å². The summed E-state index contributed by atoms with van der Waals surface area (Å²) in [4.78, 5) is 11.9. The van der Waals surface area contributed by atoms with Gasteiger partial charge in [0.1, 0.15) is 23.1 Å². The monoisotopic (exact) mass is 269 g/mol. The Hall–Kier alpha value is -1.95. The van der Waals surface area contributed by atoms with Crippen molar-refractivity contribution in [3.63, 3.8) is 0 Å². The van der Waals surface area contributed by atoms with E-state index in [0.717, 1.165) is 23.5 Å². The molecule has 0 fully saturated rings. The number of ether oxygens (including phenoxy) is 1. The molecule has 2 rings (SSSR count). The number of hydrogen-bond acceptors (Lipinski definition) is 4. The van der Waals surface area contributed by atoms with E-state index in [4.69, 9.17) is 10.5 Å². The highest BCUT2D eigenvalue weighted by Gasteiger charge is 2.14. The number of anilines is 1. The van der Waals surface area contributed by atoms with Gasteiger partial charge in [0.25, 0.3) is 0 Å². The Morgan fingerprint density at radius 2 is 2.11 bits per heavy atom. The Bertz CT molecular complexity index is 583. The van der Waals surface area contributed by atoms with E-state index in [0.29, 0.717) is 5.69 Å². The summed E-state index contributed by atoms with van der Waals surface area (Å²) in [5.74, 6) is -2.04. The number of esters is 1. The Kier molecular flexibility index (Phi) is 3.57. The van der Waals surface area contributed by atoms with E-state index in [-0.39, 0.29) is 17.0 Å². The van der Waals surface area contributed by atoms with Gasteiger partial charge in [0, 0.05) is 11.6 Å². The zero-order valence-corrected chi connectivity index (χ0v) is 9.97. The van der Waals surface area contributed by atoms with E-state index < -0.39 is 17.6 Å². The molecule has 2 aromatic rings. The lowest BCUT2D eigenvalue weighted by atomic mass is 10.2. The van der Waals surface area contributed by atoms with Gasteiger partial charge in [-0.3, -0.25) is 0 Å². The van der Waals surface area contributed by atoms with Crippen LogP contribution >= 0.6 is 11.3 Å². The summed E-state index contributed by atoms with van der Waals surface area (Å²) in [5.41, 5.74) is 5.98. The molecule has 18 heavy (non-hydrogen) atoms. The molecule has 2 N–H and O–H groups in total. The number of carbonyl (C=O) groups is 1. The van der Waals surface area contributed by atoms with Gasteiger partial charge in [0.2, 0.25) is 0 Å². The Morgan fingerprint density at radius 1 is 1.33 bits per heavy atom. The summed E-state index contributed by atoms with van der Waals surface area (Å²) in [6, 6.07) is 4.66. The second-order valence-corrected chi connectivity index (χ2v) is 4.43. The molecule has 0 spiro atoms. The van der Waals surface area contributed by atoms with Gasteiger partial charge in [-0.2, -0.15) is 0 Å². The molecule has 0 aliphatic heterocycles. The van der Waals surface area contributed by atoms with E-state index in [2.05, 4.69) is 0 Å². The number of nitrogen functional groups attached to an aromatic ring is 1. The highest BCUT2D eigenvalue weighted by molar-refractivity contribution is 7.12. The smallest absolute Gasteiger partial charge is 0.350 e. The van der Waals surface area contributed by atoms with Crippen LogP contribution in [0.2, 0.25) is 0 Å². The van der Waals surface area contributed by atoms with Crippen molar-refractivity contribution in [1.82, 2.24) is 0 Å². The average Bonchev–Trinajstić information content (AvgIpc) is 2.74. The molecular weight excluding hydrogens is 260 g/mol. The molecule has 6 heteroatoms. The fourth-order valence-corrected chi connectivity index (χ4v) is 2.04. The number of hydrogen-bond donors (Lipinski definition) is 1. The maximum absolute atomic E-state index is 13.3. The van der Waals surface area contributed by atoms with Crippen molar-refractivity contribution in [3.8, 4) is 0 Å². The summed E-state index contributed by atoms with van der Waals surface area (Å²) in [6.07, 6.45) is 0. The predicted octanol–water partition coefficient (Wildman–Crippen LogP) is 2.97. The maximum Gasteiger partial charge on any atom is 0.350 e. The average molecular weight is 269 g/mol. The highest BCUT2D eigenvalue weighted by Crippen LogP contribution is 2.20. The lowest BCUT2D eigenvalue weighted by Gasteiger charge is -2.05. The molecule has 0 radical (unpaired) electrons. The second kappa shape index (κ2) is 5.14. The minimum absolute atomic E-state index is 0.111. The van der Waals surface area contributed by atoms with Crippen LogP contribution in [-0.2, 0) is 11.3 Å². The van der Waals surface area contributed by atoms with E-state index in [9.17, 15) is 13.6 Å². The second-order valence-electron chi connectivity index (χ2n) is 3.52. The van der Waals surface area contributed by atoms with Crippen LogP contribution in [-0.4, -0.2) is 5.97 Å². The van der Waals surface area contributed by atoms with Gasteiger partial charge >= 0.3 is 5.97 Å². The first-order valence-electron chi connectivity index (χ1n) is 5.02. The van der Waals surface area contributed by atoms with Crippen LogP contribution in [0.4, 0.5) is 14.5 Å². The molecule has 0 saturated carbocycles. The molecule has 1 aromatic heterocycles. The summed E-state index contributed by atoms with van der Waals surface area (Å²) in [7, 11) is 0. The van der Waals surface area contributed by atoms with Gasteiger partial charge in [-0.25, -0.2) is 13.6 Å². The van der Waals surface area contributed by atoms with Gasteiger partial charge in [-0.15, -0.1) is 11.3 Å². The molecule has 0 atom stereocenters. The summed E-state index contributed by atoms with van der Waals surface area (Å²) >= 11 is 1.15. The van der Waals surface area contributed by atoms with Crippen LogP contribution < -0.4 is 5.73 Å². The van der Waals surface area contributed by atoms with Crippen LogP contribution in [0.1, 0.15) is 15.2 Å². The molecule has 1 aromatic carbocycles. The molecule has 0 unspecified atom stereocenters. The first-order chi connectivity index (χ1) is 8.58. The normalized spacial score (nSPS) is 10.3. The first-order valence-corrected chi connectivity index (χ1v) is 5.90. The van der Waals surface area contributed by atoms with Gasteiger partial charge < -0.3 is 10.5 Å². The van der Waals surface area contributed by atoms with Crippen LogP contribution in [0, 0.1) is 11.6 Å². The third-order valence-corrected chi connectivity index (χ3v) is 3.17. The first kappa shape index (κ1) is 12.5. The van der Waals surface area contributed by atoms with Gasteiger partial charge in [-0.1, -0.05) is 0 Å². The number of nitrogens with two attached hydrogens (primary N) is 1. The van der Waals surface area contributed by atoms with Gasteiger partial charge in [0.05, 0.1) is 5.69 Å². The van der Waals surface area contributed by atoms with Crippen LogP contribution in [0.3, 0.4) is 0 Å². The molecule has 3 nitrogen and oxygen atoms in total. The van der Waals surface area contributed by atoms with Crippen molar-refractivity contribution in [2.45, 2.75) is 6.61 Å². The number of carbonyl (C=O) groups excluding carboxylic acids is 1. The number of halogens is 2. The number of benzene rings is 1. The zero-order chi connectivity index (χ0) is 13.1. The SMILES string of the molecule is Nc1ccsc1C(=O)OCc1ccc(F)cc1F. The van der Waals surface area contributed by atoms with Crippen molar-refractivity contribution in [2.75, 3.05) is 5.73 Å². The quantitative estimate of drug-likeness (QED) is 0.871. The van der Waals surface area contributed by atoms with Crippen LogP contribution in [0.5, 0.6) is 0 Å². The molecule has 0 saturated heterocycles. The van der Waals surface area contributed by atoms with Crippen molar-refractivity contribution >= 4 is 23.0 Å². The summed E-state index contributed by atoms with van der Waals surface area (Å²) in [5, 5.41) is 1.66. The fraction of sp³-hybridized carbons (Fsp3) is 0.0833. The van der Waals surface area contributed by atoms with Crippen LogP contribution in [0.25, 0.3) is 0 Å². The standard InChI is InChI=1S/C12H9F2NO2S/c13-8-2-1-7(9(14)5-8)6-17-12(16)11-10(15)3-4-18-11/h1-5H,6,15H2. The lowest BCUT2D eigenvalue weighted by molar-refractivity contribution is 0.0476. The maximum atomic E-state index is 13.3. The molecule has 0 aliphatic rings. The van der Waals surface area contributed by atoms with Crippen LogP contribution in [0.15, 0.2) is 29.6 Å². The minimum Gasteiger partial charge on any atom is -0.456 e. The molecular formula is C12H9F2NO2S. The minimum atomic E-state index is -0.748. The Balaban J connectivity index is 2.04. The van der Waals surface area contributed by atoms with Gasteiger partial charge in [-0.05, 0) is 23.6 Å². The summed E-state index contributed by atoms with van der Waals surface area (Å²) < 4.78 is 30.8. The molecule has 0 aliphatic carbocycles. The lowest BCUT2D eigenvalue weighted by Crippen LogP contribution is -2.06. The van der Waals surface area contributed by atoms with E-state index in [1.165, 1.54) is 6.07 Å². The van der Waals surface area contributed by atoms with Crippen molar-refractivity contribution in [1.29, 1.82) is 0 Å². The predicted molar refractivity (Wildman–Crippen MR) is 64.2 cm³/mol.